The average molecular weight is 203 g/mol. The Labute approximate surface area is 90.7 Å². The Morgan fingerprint density at radius 3 is 2.80 bits per heavy atom. The molecule has 2 nitrogen and oxygen atoms in total. The predicted molar refractivity (Wildman–Crippen MR) is 59.6 cm³/mol. The Hall–Kier alpha value is -1.18. The fourth-order valence-corrected chi connectivity index (χ4v) is 2.45. The van der Waals surface area contributed by atoms with Crippen molar-refractivity contribution in [1.29, 1.82) is 0 Å². The lowest BCUT2D eigenvalue weighted by atomic mass is 9.82. The highest BCUT2D eigenvalue weighted by Crippen LogP contribution is 2.39. The lowest BCUT2D eigenvalue weighted by Crippen LogP contribution is -2.22. The van der Waals surface area contributed by atoms with Crippen LogP contribution >= 0.6 is 0 Å². The van der Waals surface area contributed by atoms with Crippen molar-refractivity contribution < 1.29 is 4.79 Å². The molecule has 1 saturated carbocycles. The zero-order valence-electron chi connectivity index (χ0n) is 9.20. The Morgan fingerprint density at radius 1 is 1.47 bits per heavy atom. The number of hydrogen-bond donors (Lipinski definition) is 0. The van der Waals surface area contributed by atoms with Crippen LogP contribution in [0.25, 0.3) is 0 Å². The third-order valence-electron chi connectivity index (χ3n) is 3.49. The van der Waals surface area contributed by atoms with Crippen LogP contribution in [-0.2, 0) is 11.2 Å². The van der Waals surface area contributed by atoms with Crippen molar-refractivity contribution in [3.05, 3.63) is 29.6 Å². The average Bonchev–Trinajstić information content (AvgIpc) is 2.71. The first kappa shape index (κ1) is 10.3. The number of hydrogen-bond acceptors (Lipinski definition) is 2. The van der Waals surface area contributed by atoms with E-state index in [9.17, 15) is 4.79 Å². The maximum Gasteiger partial charge on any atom is 0.126 e. The summed E-state index contributed by atoms with van der Waals surface area (Å²) in [6.45, 7) is 2.07. The van der Waals surface area contributed by atoms with E-state index in [1.165, 1.54) is 18.4 Å². The second-order valence-electron chi connectivity index (χ2n) is 4.63. The van der Waals surface area contributed by atoms with E-state index >= 15 is 0 Å². The second-order valence-corrected chi connectivity index (χ2v) is 4.63. The minimum absolute atomic E-state index is 0.112. The second kappa shape index (κ2) is 4.13. The molecule has 1 heterocycles. The van der Waals surface area contributed by atoms with E-state index in [4.69, 9.17) is 0 Å². The van der Waals surface area contributed by atoms with Gasteiger partial charge < -0.3 is 4.79 Å². The quantitative estimate of drug-likeness (QED) is 0.707. The lowest BCUT2D eigenvalue weighted by Gasteiger charge is -2.21. The topological polar surface area (TPSA) is 30.0 Å². The number of pyridine rings is 1. The zero-order valence-corrected chi connectivity index (χ0v) is 9.20. The van der Waals surface area contributed by atoms with Gasteiger partial charge in [0.25, 0.3) is 0 Å². The van der Waals surface area contributed by atoms with Crippen molar-refractivity contribution in [2.45, 2.75) is 39.0 Å². The number of aldehydes is 1. The maximum atomic E-state index is 11.2. The van der Waals surface area contributed by atoms with E-state index in [-0.39, 0.29) is 5.41 Å². The summed E-state index contributed by atoms with van der Waals surface area (Å²) in [7, 11) is 0. The number of nitrogens with zero attached hydrogens (tertiary/aromatic N) is 1. The summed E-state index contributed by atoms with van der Waals surface area (Å²) in [6, 6.07) is 4.01. The van der Waals surface area contributed by atoms with Crippen LogP contribution in [-0.4, -0.2) is 11.3 Å². The number of rotatable bonds is 3. The Balaban J connectivity index is 2.20. The van der Waals surface area contributed by atoms with Gasteiger partial charge in [-0.05, 0) is 31.4 Å². The van der Waals surface area contributed by atoms with Crippen molar-refractivity contribution >= 4 is 6.29 Å². The highest BCUT2D eigenvalue weighted by atomic mass is 16.1. The van der Waals surface area contributed by atoms with Gasteiger partial charge in [0.2, 0.25) is 0 Å². The fourth-order valence-electron chi connectivity index (χ4n) is 2.45. The monoisotopic (exact) mass is 203 g/mol. The van der Waals surface area contributed by atoms with Crippen molar-refractivity contribution in [1.82, 2.24) is 4.98 Å². The molecule has 0 aromatic carbocycles. The molecule has 1 aromatic rings. The van der Waals surface area contributed by atoms with Crippen molar-refractivity contribution in [3.8, 4) is 0 Å². The first-order chi connectivity index (χ1) is 7.26. The van der Waals surface area contributed by atoms with Crippen LogP contribution in [0.4, 0.5) is 0 Å². The van der Waals surface area contributed by atoms with Gasteiger partial charge in [0.15, 0.2) is 0 Å². The molecule has 2 heteroatoms. The van der Waals surface area contributed by atoms with Gasteiger partial charge in [0, 0.05) is 23.7 Å². The van der Waals surface area contributed by atoms with E-state index in [0.717, 1.165) is 31.2 Å². The molecule has 15 heavy (non-hydrogen) atoms. The van der Waals surface area contributed by atoms with Crippen molar-refractivity contribution in [3.63, 3.8) is 0 Å². The highest BCUT2D eigenvalue weighted by Gasteiger charge is 2.34. The molecule has 0 N–H and O–H groups in total. The van der Waals surface area contributed by atoms with Crippen LogP contribution in [0.2, 0.25) is 0 Å². The highest BCUT2D eigenvalue weighted by molar-refractivity contribution is 5.60. The van der Waals surface area contributed by atoms with Gasteiger partial charge in [0.1, 0.15) is 6.29 Å². The summed E-state index contributed by atoms with van der Waals surface area (Å²) in [6.07, 6.45) is 8.24. The summed E-state index contributed by atoms with van der Waals surface area (Å²) in [5.41, 5.74) is 2.18. The Morgan fingerprint density at radius 2 is 2.20 bits per heavy atom. The van der Waals surface area contributed by atoms with Gasteiger partial charge in [-0.2, -0.15) is 0 Å². The smallest absolute Gasteiger partial charge is 0.126 e. The Kier molecular flexibility index (Phi) is 2.85. The van der Waals surface area contributed by atoms with Gasteiger partial charge in [-0.3, -0.25) is 4.98 Å². The molecule has 1 aromatic heterocycles. The molecule has 80 valence electrons. The summed E-state index contributed by atoms with van der Waals surface area (Å²) < 4.78 is 0. The summed E-state index contributed by atoms with van der Waals surface area (Å²) in [4.78, 5) is 15.6. The normalized spacial score (nSPS) is 19.0. The Bertz CT molecular complexity index is 353. The number of carbonyl (C=O) groups is 1. The molecule has 0 radical (unpaired) electrons. The summed E-state index contributed by atoms with van der Waals surface area (Å²) in [5, 5.41) is 0. The molecule has 0 saturated heterocycles. The molecular formula is C13H17NO. The fraction of sp³-hybridized carbons (Fsp3) is 0.538. The van der Waals surface area contributed by atoms with E-state index < -0.39 is 0 Å². The first-order valence-electron chi connectivity index (χ1n) is 5.63. The minimum Gasteiger partial charge on any atom is -0.303 e. The standard InChI is InChI=1S/C13H17NO/c1-11-5-4-8-14-12(11)9-13(10-15)6-2-3-7-13/h4-5,8,10H,2-3,6-7,9H2,1H3. The zero-order chi connectivity index (χ0) is 10.7. The van der Waals surface area contributed by atoms with E-state index in [0.29, 0.717) is 0 Å². The van der Waals surface area contributed by atoms with E-state index in [1.807, 2.05) is 12.3 Å². The molecule has 1 aliphatic rings. The molecule has 0 spiro atoms. The first-order valence-corrected chi connectivity index (χ1v) is 5.63. The summed E-state index contributed by atoms with van der Waals surface area (Å²) >= 11 is 0. The molecule has 0 amide bonds. The van der Waals surface area contributed by atoms with Gasteiger partial charge in [-0.15, -0.1) is 0 Å². The van der Waals surface area contributed by atoms with Gasteiger partial charge in [0.05, 0.1) is 0 Å². The lowest BCUT2D eigenvalue weighted by molar-refractivity contribution is -0.116. The third-order valence-corrected chi connectivity index (χ3v) is 3.49. The van der Waals surface area contributed by atoms with Crippen LogP contribution in [0.3, 0.4) is 0 Å². The van der Waals surface area contributed by atoms with Gasteiger partial charge in [-0.1, -0.05) is 18.9 Å². The van der Waals surface area contributed by atoms with Gasteiger partial charge in [-0.25, -0.2) is 0 Å². The number of aryl methyl sites for hydroxylation is 1. The van der Waals surface area contributed by atoms with Crippen LogP contribution in [0.15, 0.2) is 18.3 Å². The van der Waals surface area contributed by atoms with Crippen molar-refractivity contribution in [2.75, 3.05) is 0 Å². The van der Waals surface area contributed by atoms with Crippen molar-refractivity contribution in [2.24, 2.45) is 5.41 Å². The minimum atomic E-state index is -0.112. The number of carbonyl (C=O) groups excluding carboxylic acids is 1. The molecule has 2 rings (SSSR count). The molecule has 0 atom stereocenters. The molecule has 0 unspecified atom stereocenters. The number of aromatic nitrogens is 1. The SMILES string of the molecule is Cc1cccnc1CC1(C=O)CCCC1. The van der Waals surface area contributed by atoms with Crippen LogP contribution in [0.1, 0.15) is 36.9 Å². The summed E-state index contributed by atoms with van der Waals surface area (Å²) in [5.74, 6) is 0. The van der Waals surface area contributed by atoms with Crippen LogP contribution in [0.5, 0.6) is 0 Å². The molecule has 1 aliphatic carbocycles. The third kappa shape index (κ3) is 2.09. The van der Waals surface area contributed by atoms with E-state index in [2.05, 4.69) is 18.0 Å². The van der Waals surface area contributed by atoms with Crippen LogP contribution in [0, 0.1) is 12.3 Å². The maximum absolute atomic E-state index is 11.2. The molecular weight excluding hydrogens is 186 g/mol. The molecule has 0 aliphatic heterocycles. The molecule has 0 bridgehead atoms. The van der Waals surface area contributed by atoms with E-state index in [1.54, 1.807) is 0 Å². The largest absolute Gasteiger partial charge is 0.303 e. The van der Waals surface area contributed by atoms with Gasteiger partial charge >= 0.3 is 0 Å². The predicted octanol–water partition coefficient (Wildman–Crippen LogP) is 2.69. The molecule has 1 fully saturated rings. The van der Waals surface area contributed by atoms with Crippen LogP contribution < -0.4 is 0 Å².